The van der Waals surface area contributed by atoms with Gasteiger partial charge in [-0.25, -0.2) is 0 Å². The predicted molar refractivity (Wildman–Crippen MR) is 317 cm³/mol. The third-order valence-corrected chi connectivity index (χ3v) is 22.1. The minimum Gasteiger partial charge on any atom is -0.310 e. The Morgan fingerprint density at radius 1 is 0.299 bits per heavy atom. The lowest BCUT2D eigenvalue weighted by Gasteiger charge is -2.38. The van der Waals surface area contributed by atoms with E-state index in [1.165, 1.54) is 142 Å². The summed E-state index contributed by atoms with van der Waals surface area (Å²) in [6, 6.07) is 74.3. The predicted octanol–water partition coefficient (Wildman–Crippen LogP) is 19.9. The van der Waals surface area contributed by atoms with E-state index in [1.807, 2.05) is 0 Å². The van der Waals surface area contributed by atoms with Crippen molar-refractivity contribution in [1.82, 2.24) is 0 Å². The molecule has 9 aromatic carbocycles. The quantitative estimate of drug-likeness (QED) is 0.166. The molecule has 0 amide bonds. The molecule has 20 rings (SSSR count). The van der Waals surface area contributed by atoms with Crippen LogP contribution in [0.25, 0.3) is 55.6 Å². The van der Waals surface area contributed by atoms with Gasteiger partial charge in [0.2, 0.25) is 0 Å². The summed E-state index contributed by atoms with van der Waals surface area (Å²) in [6.45, 7) is 4.79. The van der Waals surface area contributed by atoms with Crippen LogP contribution in [0, 0.1) is 23.7 Å². The third-order valence-electron chi connectivity index (χ3n) is 22.1. The molecule has 0 aliphatic heterocycles. The van der Waals surface area contributed by atoms with Gasteiger partial charge in [0.15, 0.2) is 0 Å². The number of hydrogen-bond donors (Lipinski definition) is 0. The molecule has 4 atom stereocenters. The van der Waals surface area contributed by atoms with Crippen LogP contribution in [-0.2, 0) is 10.8 Å². The second kappa shape index (κ2) is 15.7. The molecule has 4 unspecified atom stereocenters. The van der Waals surface area contributed by atoms with Crippen LogP contribution in [0.4, 0.5) is 17.1 Å². The monoisotopic (exact) mass is 992 g/mol. The standard InChI is InChI=1S/C76H65N/c1-75(2)68-17-9-6-15-58(68)60-27-25-56(39-70(60)75)77(74-19-11-8-14-57(74)49-12-4-3-5-13-49)55-23-20-48(21-24-55)50-22-26-61-59-16-7-10-18-69(59)76(71(61)38-50)72-42-64-53-34-44-28-45(35-53)31-51(30-44)62(64)40-66(72)67-41-63-52-32-46-29-47(33-52)37-54(36-46)65(63)43-73(67)76/h3-27,38-47,51-54H,28-37H2,1-2H3. The van der Waals surface area contributed by atoms with Gasteiger partial charge in [-0.1, -0.05) is 166 Å². The number of fused-ring (bicyclic) bond motifs is 13. The molecule has 4 saturated carbocycles. The van der Waals surface area contributed by atoms with E-state index >= 15 is 0 Å². The fraction of sp³-hybridized carbons (Fsp3) is 0.289. The van der Waals surface area contributed by atoms with Gasteiger partial charge >= 0.3 is 0 Å². The summed E-state index contributed by atoms with van der Waals surface area (Å²) < 4.78 is 0. The SMILES string of the molecule is CC1(C)c2ccccc2-c2ccc(N(c3ccc(-c4ccc5c(c4)C4(c6ccccc6-5)c5cc6c(cc5-c5cc7c(cc54)C4CC5CC(CC7C5)C4)C4CC5CC(C4)CC6C5)cc3)c3ccccc3-c3ccccc3)cc21. The van der Waals surface area contributed by atoms with E-state index in [-0.39, 0.29) is 10.8 Å². The molecule has 9 aromatic rings. The van der Waals surface area contributed by atoms with Crippen molar-refractivity contribution in [2.75, 3.05) is 4.90 Å². The van der Waals surface area contributed by atoms with Gasteiger partial charge in [0, 0.05) is 22.4 Å². The highest BCUT2D eigenvalue weighted by atomic mass is 15.1. The maximum atomic E-state index is 2.85. The molecule has 1 heteroatoms. The highest BCUT2D eigenvalue weighted by molar-refractivity contribution is 5.97. The first-order chi connectivity index (χ1) is 37.8. The van der Waals surface area contributed by atoms with E-state index in [9.17, 15) is 0 Å². The van der Waals surface area contributed by atoms with Crippen molar-refractivity contribution >= 4 is 17.1 Å². The van der Waals surface area contributed by atoms with E-state index in [0.29, 0.717) is 23.7 Å². The fourth-order valence-corrected chi connectivity index (χ4v) is 19.2. The van der Waals surface area contributed by atoms with Crippen LogP contribution in [0.5, 0.6) is 0 Å². The van der Waals surface area contributed by atoms with Crippen LogP contribution < -0.4 is 4.90 Å². The summed E-state index contributed by atoms with van der Waals surface area (Å²) in [5, 5.41) is 0. The van der Waals surface area contributed by atoms with Gasteiger partial charge in [-0.2, -0.15) is 0 Å². The van der Waals surface area contributed by atoms with Gasteiger partial charge in [0.1, 0.15) is 0 Å². The van der Waals surface area contributed by atoms with Crippen LogP contribution in [0.3, 0.4) is 0 Å². The van der Waals surface area contributed by atoms with Crippen LogP contribution in [0.2, 0.25) is 0 Å². The summed E-state index contributed by atoms with van der Waals surface area (Å²) in [5.74, 6) is 6.39. The number of hydrogen-bond acceptors (Lipinski definition) is 1. The summed E-state index contributed by atoms with van der Waals surface area (Å²) in [6.07, 6.45) is 14.1. The lowest BCUT2D eigenvalue weighted by atomic mass is 9.66. The van der Waals surface area contributed by atoms with E-state index < -0.39 is 0 Å². The zero-order valence-corrected chi connectivity index (χ0v) is 44.5. The first-order valence-electron chi connectivity index (χ1n) is 29.7. The lowest BCUT2D eigenvalue weighted by Crippen LogP contribution is -2.27. The van der Waals surface area contributed by atoms with Crippen molar-refractivity contribution in [2.24, 2.45) is 23.7 Å². The zero-order chi connectivity index (χ0) is 50.5. The highest BCUT2D eigenvalue weighted by Crippen LogP contribution is 2.68. The van der Waals surface area contributed by atoms with Crippen molar-refractivity contribution in [3.8, 4) is 55.6 Å². The summed E-state index contributed by atoms with van der Waals surface area (Å²) in [7, 11) is 0. The Bertz CT molecular complexity index is 3860. The zero-order valence-electron chi connectivity index (χ0n) is 44.5. The van der Waals surface area contributed by atoms with E-state index in [4.69, 9.17) is 0 Å². The largest absolute Gasteiger partial charge is 0.310 e. The molecule has 11 aliphatic carbocycles. The molecule has 11 aliphatic rings. The molecular weight excluding hydrogens is 927 g/mol. The minimum absolute atomic E-state index is 0.114. The number of para-hydroxylation sites is 1. The van der Waals surface area contributed by atoms with Crippen LogP contribution in [0.1, 0.15) is 157 Å². The molecular formula is C76H65N. The first-order valence-corrected chi connectivity index (χ1v) is 29.7. The third kappa shape index (κ3) is 6.02. The van der Waals surface area contributed by atoms with Gasteiger partial charge in [0.25, 0.3) is 0 Å². The van der Waals surface area contributed by atoms with Crippen molar-refractivity contribution in [2.45, 2.75) is 113 Å². The Kier molecular flexibility index (Phi) is 8.95. The maximum Gasteiger partial charge on any atom is 0.0725 e. The molecule has 0 N–H and O–H groups in total. The average molecular weight is 992 g/mol. The number of rotatable bonds is 5. The molecule has 4 fully saturated rings. The average Bonchev–Trinajstić information content (AvgIpc) is 3.83. The summed E-state index contributed by atoms with van der Waals surface area (Å²) in [5.41, 5.74) is 32.4. The lowest BCUT2D eigenvalue weighted by molar-refractivity contribution is 0.165. The van der Waals surface area contributed by atoms with E-state index in [0.717, 1.165) is 29.4 Å². The number of nitrogens with zero attached hydrogens (tertiary/aromatic N) is 1. The summed E-state index contributed by atoms with van der Waals surface area (Å²) >= 11 is 0. The van der Waals surface area contributed by atoms with Gasteiger partial charge in [-0.15, -0.1) is 0 Å². The fourth-order valence-electron chi connectivity index (χ4n) is 19.2. The maximum absolute atomic E-state index is 2.85. The number of anilines is 3. The molecule has 374 valence electrons. The van der Waals surface area contributed by atoms with Crippen molar-refractivity contribution < 1.29 is 0 Å². The normalized spacial score (nSPS) is 27.0. The molecule has 1 spiro atoms. The topological polar surface area (TPSA) is 3.24 Å². The van der Waals surface area contributed by atoms with Gasteiger partial charge in [-0.3, -0.25) is 0 Å². The van der Waals surface area contributed by atoms with Crippen LogP contribution >= 0.6 is 0 Å². The van der Waals surface area contributed by atoms with Crippen molar-refractivity contribution in [1.29, 1.82) is 0 Å². The van der Waals surface area contributed by atoms with Crippen LogP contribution in [0.15, 0.2) is 188 Å². The van der Waals surface area contributed by atoms with Crippen molar-refractivity contribution in [3.63, 3.8) is 0 Å². The Morgan fingerprint density at radius 2 is 0.740 bits per heavy atom. The number of benzene rings is 9. The molecule has 1 nitrogen and oxygen atoms in total. The van der Waals surface area contributed by atoms with E-state index in [2.05, 4.69) is 207 Å². The Morgan fingerprint density at radius 3 is 1.35 bits per heavy atom. The minimum atomic E-state index is -0.373. The van der Waals surface area contributed by atoms with Crippen molar-refractivity contribution in [3.05, 3.63) is 244 Å². The van der Waals surface area contributed by atoms with E-state index in [1.54, 1.807) is 44.5 Å². The molecule has 0 aromatic heterocycles. The molecule has 0 heterocycles. The second-order valence-electron chi connectivity index (χ2n) is 26.4. The Labute approximate surface area is 455 Å². The Hall–Kier alpha value is -7.22. The van der Waals surface area contributed by atoms with Gasteiger partial charge < -0.3 is 4.90 Å². The van der Waals surface area contributed by atoms with Gasteiger partial charge in [-0.05, 0) is 254 Å². The second-order valence-corrected chi connectivity index (χ2v) is 26.4. The highest BCUT2D eigenvalue weighted by Gasteiger charge is 2.55. The van der Waals surface area contributed by atoms with Crippen LogP contribution in [-0.4, -0.2) is 0 Å². The molecule has 8 bridgehead atoms. The molecule has 0 radical (unpaired) electrons. The smallest absolute Gasteiger partial charge is 0.0725 e. The Balaban J connectivity index is 0.818. The molecule has 0 saturated heterocycles. The molecule has 77 heavy (non-hydrogen) atoms. The first kappa shape index (κ1) is 43.8. The summed E-state index contributed by atoms with van der Waals surface area (Å²) in [4.78, 5) is 2.51. The van der Waals surface area contributed by atoms with Gasteiger partial charge in [0.05, 0.1) is 11.1 Å².